The first-order chi connectivity index (χ1) is 12.8. The van der Waals surface area contributed by atoms with Gasteiger partial charge in [0.1, 0.15) is 11.6 Å². The standard InChI is InChI=1S/C18H15N7O/c19-12-13(17-23-15-4-1-2-5-16(15)26-17)14-6-8-20-18(24-14)21-9-11-25-10-3-7-22-25/h1-8,10,23H,9,11H2,(H,20,21,24). The minimum Gasteiger partial charge on any atom is -0.437 e. The molecular weight excluding hydrogens is 330 g/mol. The van der Waals surface area contributed by atoms with E-state index in [1.807, 2.05) is 41.2 Å². The van der Waals surface area contributed by atoms with Crippen LogP contribution >= 0.6 is 0 Å². The average molecular weight is 345 g/mol. The van der Waals surface area contributed by atoms with E-state index in [-0.39, 0.29) is 0 Å². The first kappa shape index (κ1) is 15.7. The molecule has 0 saturated heterocycles. The fraction of sp³-hybridized carbons (Fsp3) is 0.111. The molecule has 0 aliphatic carbocycles. The molecule has 0 fully saturated rings. The van der Waals surface area contributed by atoms with Gasteiger partial charge in [-0.3, -0.25) is 4.68 Å². The van der Waals surface area contributed by atoms with E-state index in [9.17, 15) is 5.26 Å². The highest BCUT2D eigenvalue weighted by Gasteiger charge is 2.21. The van der Waals surface area contributed by atoms with Gasteiger partial charge < -0.3 is 15.4 Å². The topological polar surface area (TPSA) is 101 Å². The van der Waals surface area contributed by atoms with E-state index in [1.165, 1.54) is 0 Å². The molecule has 0 saturated carbocycles. The Kier molecular flexibility index (Phi) is 4.18. The second kappa shape index (κ2) is 6.94. The van der Waals surface area contributed by atoms with Crippen molar-refractivity contribution in [2.24, 2.45) is 0 Å². The number of benzene rings is 1. The smallest absolute Gasteiger partial charge is 0.223 e. The molecule has 0 atom stereocenters. The lowest BCUT2D eigenvalue weighted by Gasteiger charge is -2.07. The summed E-state index contributed by atoms with van der Waals surface area (Å²) >= 11 is 0. The van der Waals surface area contributed by atoms with Crippen LogP contribution in [0.5, 0.6) is 5.75 Å². The molecule has 26 heavy (non-hydrogen) atoms. The maximum Gasteiger partial charge on any atom is 0.223 e. The number of aromatic nitrogens is 4. The second-order valence-electron chi connectivity index (χ2n) is 5.50. The highest BCUT2D eigenvalue weighted by Crippen LogP contribution is 2.35. The lowest BCUT2D eigenvalue weighted by Crippen LogP contribution is -2.13. The van der Waals surface area contributed by atoms with Crippen LogP contribution in [0.15, 0.2) is 60.9 Å². The Hall–Kier alpha value is -3.86. The van der Waals surface area contributed by atoms with E-state index >= 15 is 0 Å². The Morgan fingerprint density at radius 2 is 2.15 bits per heavy atom. The molecule has 0 spiro atoms. The van der Waals surface area contributed by atoms with Crippen molar-refractivity contribution >= 4 is 17.2 Å². The number of hydrogen-bond acceptors (Lipinski definition) is 7. The molecule has 2 N–H and O–H groups in total. The molecule has 0 radical (unpaired) electrons. The van der Waals surface area contributed by atoms with Gasteiger partial charge in [-0.05, 0) is 24.3 Å². The molecule has 0 bridgehead atoms. The highest BCUT2D eigenvalue weighted by molar-refractivity contribution is 5.81. The monoisotopic (exact) mass is 345 g/mol. The first-order valence-corrected chi connectivity index (χ1v) is 8.06. The fourth-order valence-corrected chi connectivity index (χ4v) is 2.55. The number of fused-ring (bicyclic) bond motifs is 1. The maximum absolute atomic E-state index is 9.59. The zero-order valence-electron chi connectivity index (χ0n) is 13.8. The number of ether oxygens (including phenoxy) is 1. The van der Waals surface area contributed by atoms with Gasteiger partial charge in [0.05, 0.1) is 17.9 Å². The summed E-state index contributed by atoms with van der Waals surface area (Å²) in [5.74, 6) is 1.50. The Morgan fingerprint density at radius 3 is 2.96 bits per heavy atom. The van der Waals surface area contributed by atoms with E-state index in [0.717, 1.165) is 5.69 Å². The zero-order valence-corrected chi connectivity index (χ0v) is 13.8. The van der Waals surface area contributed by atoms with Crippen LogP contribution in [-0.2, 0) is 6.54 Å². The molecule has 4 rings (SSSR count). The molecule has 1 aliphatic heterocycles. The Labute approximate surface area is 149 Å². The van der Waals surface area contributed by atoms with Crippen molar-refractivity contribution in [3.05, 3.63) is 66.6 Å². The SMILES string of the molecule is N#CC(=C1Nc2ccccc2O1)c1ccnc(NCCn2cccn2)n1. The van der Waals surface area contributed by atoms with Crippen LogP contribution in [0, 0.1) is 11.3 Å². The van der Waals surface area contributed by atoms with E-state index in [4.69, 9.17) is 4.74 Å². The summed E-state index contributed by atoms with van der Waals surface area (Å²) in [5, 5.41) is 20.0. The number of nitrogens with one attached hydrogen (secondary N) is 2. The lowest BCUT2D eigenvalue weighted by atomic mass is 10.2. The molecule has 128 valence electrons. The summed E-state index contributed by atoms with van der Waals surface area (Å²) < 4.78 is 7.55. The van der Waals surface area contributed by atoms with E-state index < -0.39 is 0 Å². The molecule has 3 aromatic rings. The van der Waals surface area contributed by atoms with Gasteiger partial charge in [-0.15, -0.1) is 0 Å². The minimum atomic E-state index is 0.318. The Bertz CT molecular complexity index is 962. The van der Waals surface area contributed by atoms with Crippen molar-refractivity contribution in [3.63, 3.8) is 0 Å². The molecule has 0 unspecified atom stereocenters. The van der Waals surface area contributed by atoms with Crippen LogP contribution in [-0.4, -0.2) is 26.3 Å². The molecule has 1 aliphatic rings. The van der Waals surface area contributed by atoms with Crippen molar-refractivity contribution < 1.29 is 4.74 Å². The van der Waals surface area contributed by atoms with Gasteiger partial charge in [-0.1, -0.05) is 12.1 Å². The largest absolute Gasteiger partial charge is 0.437 e. The van der Waals surface area contributed by atoms with E-state index in [2.05, 4.69) is 31.8 Å². The number of para-hydroxylation sites is 2. The zero-order chi connectivity index (χ0) is 17.8. The van der Waals surface area contributed by atoms with Gasteiger partial charge in [0, 0.05) is 25.1 Å². The molecule has 2 aromatic heterocycles. The van der Waals surface area contributed by atoms with Crippen LogP contribution in [0.25, 0.3) is 5.57 Å². The van der Waals surface area contributed by atoms with Crippen molar-refractivity contribution in [2.75, 3.05) is 17.2 Å². The van der Waals surface area contributed by atoms with Crippen LogP contribution in [0.1, 0.15) is 5.69 Å². The van der Waals surface area contributed by atoms with Crippen LogP contribution in [0.3, 0.4) is 0 Å². The summed E-state index contributed by atoms with van der Waals surface area (Å²) in [6.45, 7) is 1.30. The summed E-state index contributed by atoms with van der Waals surface area (Å²) in [6, 6.07) is 13.2. The number of nitriles is 1. The van der Waals surface area contributed by atoms with Crippen molar-refractivity contribution in [3.8, 4) is 11.8 Å². The third-order valence-electron chi connectivity index (χ3n) is 3.78. The molecule has 1 aromatic carbocycles. The summed E-state index contributed by atoms with van der Waals surface area (Å²) in [4.78, 5) is 8.61. The van der Waals surface area contributed by atoms with Gasteiger partial charge >= 0.3 is 0 Å². The van der Waals surface area contributed by atoms with Gasteiger partial charge in [0.25, 0.3) is 0 Å². The number of hydrogen-bond donors (Lipinski definition) is 2. The summed E-state index contributed by atoms with van der Waals surface area (Å²) in [6.07, 6.45) is 5.23. The Morgan fingerprint density at radius 1 is 1.23 bits per heavy atom. The quantitative estimate of drug-likeness (QED) is 0.685. The second-order valence-corrected chi connectivity index (χ2v) is 5.50. The molecule has 8 nitrogen and oxygen atoms in total. The van der Waals surface area contributed by atoms with Crippen LogP contribution < -0.4 is 15.4 Å². The molecule has 3 heterocycles. The molecule has 0 amide bonds. The predicted octanol–water partition coefficient (Wildman–Crippen LogP) is 2.48. The molecular formula is C18H15N7O. The van der Waals surface area contributed by atoms with Gasteiger partial charge in [0.2, 0.25) is 11.8 Å². The molecule has 8 heteroatoms. The predicted molar refractivity (Wildman–Crippen MR) is 96.0 cm³/mol. The number of rotatable bonds is 5. The summed E-state index contributed by atoms with van der Waals surface area (Å²) in [7, 11) is 0. The van der Waals surface area contributed by atoms with E-state index in [0.29, 0.717) is 41.9 Å². The summed E-state index contributed by atoms with van der Waals surface area (Å²) in [5.41, 5.74) is 1.62. The van der Waals surface area contributed by atoms with Crippen molar-refractivity contribution in [1.82, 2.24) is 19.7 Å². The Balaban J connectivity index is 1.52. The minimum absolute atomic E-state index is 0.318. The number of allylic oxidation sites excluding steroid dienone is 1. The number of nitrogens with zero attached hydrogens (tertiary/aromatic N) is 5. The van der Waals surface area contributed by atoms with E-state index in [1.54, 1.807) is 18.5 Å². The van der Waals surface area contributed by atoms with Gasteiger partial charge in [-0.25, -0.2) is 9.97 Å². The maximum atomic E-state index is 9.59. The normalized spacial score (nSPS) is 14.0. The van der Waals surface area contributed by atoms with Crippen LogP contribution in [0.4, 0.5) is 11.6 Å². The van der Waals surface area contributed by atoms with Crippen molar-refractivity contribution in [1.29, 1.82) is 5.26 Å². The highest BCUT2D eigenvalue weighted by atomic mass is 16.5. The third kappa shape index (κ3) is 3.18. The fourth-order valence-electron chi connectivity index (χ4n) is 2.55. The average Bonchev–Trinajstić information content (AvgIpc) is 3.32. The van der Waals surface area contributed by atoms with Crippen molar-refractivity contribution in [2.45, 2.75) is 6.54 Å². The van der Waals surface area contributed by atoms with Gasteiger partial charge in [-0.2, -0.15) is 10.4 Å². The third-order valence-corrected chi connectivity index (χ3v) is 3.78. The first-order valence-electron chi connectivity index (χ1n) is 8.06. The van der Waals surface area contributed by atoms with Gasteiger partial charge in [0.15, 0.2) is 5.75 Å². The lowest BCUT2D eigenvalue weighted by molar-refractivity contribution is 0.460. The van der Waals surface area contributed by atoms with Crippen LogP contribution in [0.2, 0.25) is 0 Å². The number of anilines is 2.